The maximum atomic E-state index is 12.3. The predicted molar refractivity (Wildman–Crippen MR) is 104 cm³/mol. The number of carbonyl (C=O) groups is 1. The van der Waals surface area contributed by atoms with Gasteiger partial charge < -0.3 is 24.4 Å². The Morgan fingerprint density at radius 2 is 1.63 bits per heavy atom. The highest BCUT2D eigenvalue weighted by Crippen LogP contribution is 2.34. The zero-order chi connectivity index (χ0) is 19.6. The molecule has 0 aliphatic carbocycles. The molecular weight excluding hydrogens is 346 g/mol. The van der Waals surface area contributed by atoms with Crippen molar-refractivity contribution in [2.24, 2.45) is 0 Å². The van der Waals surface area contributed by atoms with E-state index in [1.807, 2.05) is 18.2 Å². The molecule has 2 rings (SSSR count). The van der Waals surface area contributed by atoms with E-state index in [1.165, 1.54) is 0 Å². The third-order valence-electron chi connectivity index (χ3n) is 4.29. The Bertz CT molecular complexity index is 738. The van der Waals surface area contributed by atoms with Gasteiger partial charge in [0.25, 0.3) is 0 Å². The van der Waals surface area contributed by atoms with Gasteiger partial charge in [-0.1, -0.05) is 0 Å². The van der Waals surface area contributed by atoms with Crippen molar-refractivity contribution in [2.45, 2.75) is 12.8 Å². The van der Waals surface area contributed by atoms with Gasteiger partial charge in [0, 0.05) is 38.6 Å². The number of urea groups is 1. The van der Waals surface area contributed by atoms with Gasteiger partial charge in [-0.2, -0.15) is 0 Å². The number of ether oxygens (including phenoxy) is 3. The minimum atomic E-state index is -0.108. The minimum Gasteiger partial charge on any atom is -0.496 e. The van der Waals surface area contributed by atoms with Crippen LogP contribution in [0.15, 0.2) is 36.7 Å². The second kappa shape index (κ2) is 10.3. The van der Waals surface area contributed by atoms with Gasteiger partial charge in [0.05, 0.1) is 21.3 Å². The molecule has 0 unspecified atom stereocenters. The summed E-state index contributed by atoms with van der Waals surface area (Å²) in [7, 11) is 6.57. The summed E-state index contributed by atoms with van der Waals surface area (Å²) in [5.74, 6) is 1.94. The molecule has 0 saturated heterocycles. The van der Waals surface area contributed by atoms with Crippen LogP contribution in [0.25, 0.3) is 0 Å². The number of aromatic nitrogens is 1. The summed E-state index contributed by atoms with van der Waals surface area (Å²) >= 11 is 0. The predicted octanol–water partition coefficient (Wildman–Crippen LogP) is 2.53. The second-order valence-corrected chi connectivity index (χ2v) is 6.03. The molecule has 0 spiro atoms. The van der Waals surface area contributed by atoms with Crippen LogP contribution >= 0.6 is 0 Å². The number of hydrogen-bond acceptors (Lipinski definition) is 5. The fourth-order valence-corrected chi connectivity index (χ4v) is 2.67. The van der Waals surface area contributed by atoms with Crippen molar-refractivity contribution in [3.05, 3.63) is 47.8 Å². The monoisotopic (exact) mass is 373 g/mol. The number of pyridine rings is 1. The van der Waals surface area contributed by atoms with Crippen LogP contribution in [-0.4, -0.2) is 57.4 Å². The van der Waals surface area contributed by atoms with Gasteiger partial charge in [0.15, 0.2) is 11.5 Å². The standard InChI is InChI=1S/C20H27N3O4/c1-23(12-8-15-5-9-21-10-6-15)20(24)22-11-7-16-13-18(26-3)19(27-4)14-17(16)25-2/h5-6,9-10,13-14H,7-8,11-12H2,1-4H3,(H,22,24). The summed E-state index contributed by atoms with van der Waals surface area (Å²) in [6.07, 6.45) is 4.92. The maximum Gasteiger partial charge on any atom is 0.317 e. The van der Waals surface area contributed by atoms with Crippen LogP contribution in [0.2, 0.25) is 0 Å². The molecule has 146 valence electrons. The molecule has 1 aromatic heterocycles. The topological polar surface area (TPSA) is 72.9 Å². The lowest BCUT2D eigenvalue weighted by Gasteiger charge is -2.18. The minimum absolute atomic E-state index is 0.108. The van der Waals surface area contributed by atoms with Crippen molar-refractivity contribution in [3.8, 4) is 17.2 Å². The van der Waals surface area contributed by atoms with E-state index in [4.69, 9.17) is 14.2 Å². The van der Waals surface area contributed by atoms with Gasteiger partial charge in [0.2, 0.25) is 0 Å². The highest BCUT2D eigenvalue weighted by molar-refractivity contribution is 5.73. The molecule has 0 aliphatic heterocycles. The normalized spacial score (nSPS) is 10.2. The van der Waals surface area contributed by atoms with Crippen molar-refractivity contribution < 1.29 is 19.0 Å². The van der Waals surface area contributed by atoms with Gasteiger partial charge in [0.1, 0.15) is 5.75 Å². The summed E-state index contributed by atoms with van der Waals surface area (Å²) in [4.78, 5) is 17.9. The first-order chi connectivity index (χ1) is 13.1. The average molecular weight is 373 g/mol. The van der Waals surface area contributed by atoms with Gasteiger partial charge in [-0.15, -0.1) is 0 Å². The van der Waals surface area contributed by atoms with Crippen molar-refractivity contribution in [1.29, 1.82) is 0 Å². The first-order valence-corrected chi connectivity index (χ1v) is 8.75. The molecule has 1 N–H and O–H groups in total. The Morgan fingerprint density at radius 3 is 2.26 bits per heavy atom. The van der Waals surface area contributed by atoms with Crippen LogP contribution in [0.3, 0.4) is 0 Å². The largest absolute Gasteiger partial charge is 0.496 e. The highest BCUT2D eigenvalue weighted by Gasteiger charge is 2.13. The van der Waals surface area contributed by atoms with Crippen LogP contribution in [0, 0.1) is 0 Å². The molecule has 7 nitrogen and oxygen atoms in total. The van der Waals surface area contributed by atoms with Crippen LogP contribution < -0.4 is 19.5 Å². The zero-order valence-corrected chi connectivity index (χ0v) is 16.3. The summed E-state index contributed by atoms with van der Waals surface area (Å²) in [5, 5.41) is 2.93. The van der Waals surface area contributed by atoms with E-state index in [2.05, 4.69) is 10.3 Å². The smallest absolute Gasteiger partial charge is 0.317 e. The van der Waals surface area contributed by atoms with Crippen molar-refractivity contribution >= 4 is 6.03 Å². The molecule has 0 bridgehead atoms. The highest BCUT2D eigenvalue weighted by atomic mass is 16.5. The maximum absolute atomic E-state index is 12.3. The number of rotatable bonds is 9. The number of hydrogen-bond donors (Lipinski definition) is 1. The lowest BCUT2D eigenvalue weighted by molar-refractivity contribution is 0.209. The molecule has 2 aromatic rings. The van der Waals surface area contributed by atoms with Gasteiger partial charge in [-0.3, -0.25) is 4.98 Å². The van der Waals surface area contributed by atoms with Gasteiger partial charge in [-0.25, -0.2) is 4.79 Å². The van der Waals surface area contributed by atoms with Crippen LogP contribution in [-0.2, 0) is 12.8 Å². The lowest BCUT2D eigenvalue weighted by Crippen LogP contribution is -2.39. The van der Waals surface area contributed by atoms with E-state index in [-0.39, 0.29) is 6.03 Å². The first-order valence-electron chi connectivity index (χ1n) is 8.75. The SMILES string of the molecule is COc1cc(OC)c(OC)cc1CCNC(=O)N(C)CCc1ccncc1. The Kier molecular flexibility index (Phi) is 7.73. The van der Waals surface area contributed by atoms with E-state index >= 15 is 0 Å². The quantitative estimate of drug-likeness (QED) is 0.731. The number of methoxy groups -OCH3 is 3. The molecule has 7 heteroatoms. The number of benzene rings is 1. The van der Waals surface area contributed by atoms with E-state index in [9.17, 15) is 4.79 Å². The number of likely N-dealkylation sites (N-methyl/N-ethyl adjacent to an activating group) is 1. The molecule has 2 amide bonds. The van der Waals surface area contributed by atoms with Crippen LogP contribution in [0.5, 0.6) is 17.2 Å². The fraction of sp³-hybridized carbons (Fsp3) is 0.400. The third kappa shape index (κ3) is 5.77. The summed E-state index contributed by atoms with van der Waals surface area (Å²) in [5.41, 5.74) is 2.09. The van der Waals surface area contributed by atoms with Gasteiger partial charge in [-0.05, 0) is 42.2 Å². The van der Waals surface area contributed by atoms with Crippen molar-refractivity contribution in [1.82, 2.24) is 15.2 Å². The van der Waals surface area contributed by atoms with Crippen LogP contribution in [0.1, 0.15) is 11.1 Å². The number of nitrogens with one attached hydrogen (secondary N) is 1. The molecule has 1 heterocycles. The van der Waals surface area contributed by atoms with Crippen LogP contribution in [0.4, 0.5) is 4.79 Å². The number of amides is 2. The average Bonchev–Trinajstić information content (AvgIpc) is 2.72. The molecule has 0 fully saturated rings. The Morgan fingerprint density at radius 1 is 1.00 bits per heavy atom. The Balaban J connectivity index is 1.86. The Labute approximate surface area is 160 Å². The summed E-state index contributed by atoms with van der Waals surface area (Å²) < 4.78 is 16.0. The van der Waals surface area contributed by atoms with E-state index in [1.54, 1.807) is 51.7 Å². The van der Waals surface area contributed by atoms with E-state index in [0.29, 0.717) is 36.8 Å². The second-order valence-electron chi connectivity index (χ2n) is 6.03. The van der Waals surface area contributed by atoms with E-state index in [0.717, 1.165) is 17.5 Å². The Hall–Kier alpha value is -2.96. The third-order valence-corrected chi connectivity index (χ3v) is 4.29. The van der Waals surface area contributed by atoms with E-state index < -0.39 is 0 Å². The molecule has 27 heavy (non-hydrogen) atoms. The molecule has 0 aliphatic rings. The lowest BCUT2D eigenvalue weighted by atomic mass is 10.1. The van der Waals surface area contributed by atoms with Crippen molar-refractivity contribution in [2.75, 3.05) is 41.5 Å². The summed E-state index contributed by atoms with van der Waals surface area (Å²) in [6.45, 7) is 1.12. The van der Waals surface area contributed by atoms with Crippen molar-refractivity contribution in [3.63, 3.8) is 0 Å². The molecule has 0 atom stereocenters. The number of carbonyl (C=O) groups excluding carboxylic acids is 1. The fourth-order valence-electron chi connectivity index (χ4n) is 2.67. The molecule has 1 aromatic carbocycles. The summed E-state index contributed by atoms with van der Waals surface area (Å²) in [6, 6.07) is 7.46. The zero-order valence-electron chi connectivity index (χ0n) is 16.3. The number of nitrogens with zero attached hydrogens (tertiary/aromatic N) is 2. The molecule has 0 radical (unpaired) electrons. The molecular formula is C20H27N3O4. The van der Waals surface area contributed by atoms with Gasteiger partial charge >= 0.3 is 6.03 Å². The first kappa shape index (κ1) is 20.4. The molecule has 0 saturated carbocycles.